The van der Waals surface area contributed by atoms with Crippen molar-refractivity contribution in [2.45, 2.75) is 24.2 Å². The second-order valence-electron chi connectivity index (χ2n) is 7.66. The number of carbonyl (C=O) groups excluding carboxylic acids is 1. The van der Waals surface area contributed by atoms with Gasteiger partial charge in [0, 0.05) is 36.6 Å². The van der Waals surface area contributed by atoms with Crippen molar-refractivity contribution in [1.82, 2.24) is 5.32 Å². The van der Waals surface area contributed by atoms with E-state index in [0.717, 1.165) is 48.9 Å². The molecular formula is C26H32N2O7S. The van der Waals surface area contributed by atoms with Gasteiger partial charge in [-0.25, -0.2) is 9.59 Å². The van der Waals surface area contributed by atoms with Gasteiger partial charge in [0.2, 0.25) is 5.91 Å². The first-order chi connectivity index (χ1) is 17.3. The Morgan fingerprint density at radius 2 is 1.69 bits per heavy atom. The Balaban J connectivity index is 0.000000493. The van der Waals surface area contributed by atoms with E-state index in [2.05, 4.69) is 17.4 Å². The molecule has 1 amide bonds. The molecule has 2 aromatic carbocycles. The number of hydrogen-bond acceptors (Lipinski definition) is 7. The van der Waals surface area contributed by atoms with E-state index >= 15 is 0 Å². The highest BCUT2D eigenvalue weighted by atomic mass is 32.2. The fourth-order valence-corrected chi connectivity index (χ4v) is 4.45. The van der Waals surface area contributed by atoms with Crippen molar-refractivity contribution in [2.24, 2.45) is 0 Å². The van der Waals surface area contributed by atoms with E-state index in [0.29, 0.717) is 25.1 Å². The Labute approximate surface area is 215 Å². The van der Waals surface area contributed by atoms with Crippen molar-refractivity contribution < 1.29 is 34.1 Å². The number of thioether (sulfide) groups is 1. The molecule has 0 bridgehead atoms. The quantitative estimate of drug-likeness (QED) is 0.321. The van der Waals surface area contributed by atoms with Crippen molar-refractivity contribution >= 4 is 35.3 Å². The van der Waals surface area contributed by atoms with Gasteiger partial charge in [-0.3, -0.25) is 4.79 Å². The van der Waals surface area contributed by atoms with Gasteiger partial charge in [0.25, 0.3) is 0 Å². The number of amides is 1. The summed E-state index contributed by atoms with van der Waals surface area (Å²) < 4.78 is 10.6. The van der Waals surface area contributed by atoms with Crippen LogP contribution in [0.1, 0.15) is 18.4 Å². The number of para-hydroxylation sites is 1. The molecule has 1 heterocycles. The van der Waals surface area contributed by atoms with E-state index in [1.807, 2.05) is 47.0 Å². The van der Waals surface area contributed by atoms with Crippen LogP contribution < -0.4 is 19.7 Å². The van der Waals surface area contributed by atoms with Gasteiger partial charge in [0.1, 0.15) is 0 Å². The van der Waals surface area contributed by atoms with Gasteiger partial charge in [-0.1, -0.05) is 18.2 Å². The van der Waals surface area contributed by atoms with E-state index in [1.54, 1.807) is 14.2 Å². The maximum Gasteiger partial charge on any atom is 0.328 e. The van der Waals surface area contributed by atoms with Crippen molar-refractivity contribution in [3.8, 4) is 11.5 Å². The van der Waals surface area contributed by atoms with E-state index in [-0.39, 0.29) is 5.91 Å². The van der Waals surface area contributed by atoms with E-state index in [4.69, 9.17) is 19.7 Å². The van der Waals surface area contributed by atoms with Crippen LogP contribution in [0.25, 0.3) is 0 Å². The molecule has 0 aliphatic carbocycles. The molecule has 0 saturated heterocycles. The summed E-state index contributed by atoms with van der Waals surface area (Å²) in [5.74, 6) is 0.214. The van der Waals surface area contributed by atoms with Crippen molar-refractivity contribution in [3.63, 3.8) is 0 Å². The summed E-state index contributed by atoms with van der Waals surface area (Å²) in [4.78, 5) is 35.0. The van der Waals surface area contributed by atoms with Gasteiger partial charge >= 0.3 is 11.9 Å². The molecule has 1 aliphatic heterocycles. The van der Waals surface area contributed by atoms with Gasteiger partial charge in [-0.2, -0.15) is 0 Å². The van der Waals surface area contributed by atoms with Crippen molar-refractivity contribution in [1.29, 1.82) is 0 Å². The lowest BCUT2D eigenvalue weighted by Crippen LogP contribution is -2.34. The summed E-state index contributed by atoms with van der Waals surface area (Å²) in [6.45, 7) is 2.29. The third-order valence-corrected chi connectivity index (χ3v) is 6.31. The summed E-state index contributed by atoms with van der Waals surface area (Å²) >= 11 is 1.84. The number of rotatable bonds is 10. The van der Waals surface area contributed by atoms with Gasteiger partial charge in [-0.15, -0.1) is 11.8 Å². The van der Waals surface area contributed by atoms with Crippen molar-refractivity contribution in [3.05, 3.63) is 60.2 Å². The van der Waals surface area contributed by atoms with Crippen LogP contribution in [0.5, 0.6) is 11.5 Å². The summed E-state index contributed by atoms with van der Waals surface area (Å²) in [5.41, 5.74) is 2.23. The highest BCUT2D eigenvalue weighted by Gasteiger charge is 2.20. The minimum Gasteiger partial charge on any atom is -0.493 e. The molecule has 0 fully saturated rings. The molecule has 0 atom stereocenters. The normalized spacial score (nSPS) is 12.7. The molecule has 194 valence electrons. The van der Waals surface area contributed by atoms with Crippen LogP contribution in [0.3, 0.4) is 0 Å². The van der Waals surface area contributed by atoms with Gasteiger partial charge in [0.05, 0.1) is 19.9 Å². The van der Waals surface area contributed by atoms with E-state index in [9.17, 15) is 14.4 Å². The Morgan fingerprint density at radius 1 is 1.00 bits per heavy atom. The molecule has 0 aromatic heterocycles. The topological polar surface area (TPSA) is 125 Å². The second-order valence-corrected chi connectivity index (χ2v) is 8.80. The molecule has 0 radical (unpaired) electrons. The average Bonchev–Trinajstić information content (AvgIpc) is 3.10. The maximum atomic E-state index is 12.7. The van der Waals surface area contributed by atoms with Crippen LogP contribution in [-0.2, 0) is 20.8 Å². The summed E-state index contributed by atoms with van der Waals surface area (Å²) in [6, 6.07) is 14.2. The Bertz CT molecular complexity index is 1040. The van der Waals surface area contributed by atoms with Crippen LogP contribution in [-0.4, -0.2) is 67.7 Å². The first-order valence-electron chi connectivity index (χ1n) is 11.4. The van der Waals surface area contributed by atoms with Crippen molar-refractivity contribution in [2.75, 3.05) is 44.5 Å². The second kappa shape index (κ2) is 15.5. The standard InChI is InChI=1S/C22H28N2O3S.C4H4O4/c1-26-19-9-8-17(16-20(19)27-2)10-12-23-13-11-22(25)24-14-5-15-28-21-7-4-3-6-18(21)24;5-3(6)1-2-4(7)8/h3-4,6-9,16,23H,5,10-15H2,1-2H3;1-2H,(H,5,6)(H,7,8)/b;2-1+. The van der Waals surface area contributed by atoms with Crippen LogP contribution in [0.4, 0.5) is 5.69 Å². The number of anilines is 1. The third-order valence-electron chi connectivity index (χ3n) is 5.16. The fraction of sp³-hybridized carbons (Fsp3) is 0.346. The lowest BCUT2D eigenvalue weighted by atomic mass is 10.1. The first kappa shape index (κ1) is 28.7. The molecule has 0 spiro atoms. The van der Waals surface area contributed by atoms with Crippen LogP contribution >= 0.6 is 11.8 Å². The monoisotopic (exact) mass is 516 g/mol. The maximum absolute atomic E-state index is 12.7. The summed E-state index contributed by atoms with van der Waals surface area (Å²) in [7, 11) is 3.28. The molecule has 0 saturated carbocycles. The third kappa shape index (κ3) is 9.63. The Morgan fingerprint density at radius 3 is 2.36 bits per heavy atom. The number of hydrogen-bond donors (Lipinski definition) is 3. The number of carboxylic acids is 2. The molecule has 9 nitrogen and oxygen atoms in total. The number of carbonyl (C=O) groups is 3. The number of methoxy groups -OCH3 is 2. The number of ether oxygens (including phenoxy) is 2. The zero-order valence-electron chi connectivity index (χ0n) is 20.4. The predicted octanol–water partition coefficient (Wildman–Crippen LogP) is 3.47. The highest BCUT2D eigenvalue weighted by molar-refractivity contribution is 7.99. The number of fused-ring (bicyclic) bond motifs is 1. The lowest BCUT2D eigenvalue weighted by molar-refractivity contribution is -0.134. The predicted molar refractivity (Wildman–Crippen MR) is 139 cm³/mol. The molecule has 36 heavy (non-hydrogen) atoms. The largest absolute Gasteiger partial charge is 0.493 e. The number of carboxylic acid groups (broad SMARTS) is 2. The summed E-state index contributed by atoms with van der Waals surface area (Å²) in [5, 5.41) is 19.0. The van der Waals surface area contributed by atoms with E-state index < -0.39 is 11.9 Å². The van der Waals surface area contributed by atoms with Crippen LogP contribution in [0.2, 0.25) is 0 Å². The zero-order chi connectivity index (χ0) is 26.3. The van der Waals surface area contributed by atoms with Gasteiger partial charge in [-0.05, 0) is 55.0 Å². The number of nitrogens with one attached hydrogen (secondary N) is 1. The zero-order valence-corrected chi connectivity index (χ0v) is 21.3. The van der Waals surface area contributed by atoms with Gasteiger partial charge in [0.15, 0.2) is 11.5 Å². The first-order valence-corrected chi connectivity index (χ1v) is 12.4. The number of benzene rings is 2. The minimum atomic E-state index is -1.26. The SMILES string of the molecule is COc1ccc(CCNCCC(=O)N2CCCSc3ccccc32)cc1OC.O=C(O)/C=C/C(=O)O. The van der Waals surface area contributed by atoms with E-state index in [1.165, 1.54) is 10.5 Å². The van der Waals surface area contributed by atoms with Crippen LogP contribution in [0.15, 0.2) is 59.5 Å². The summed E-state index contributed by atoms with van der Waals surface area (Å²) in [6.07, 6.45) is 3.52. The molecule has 3 N–H and O–H groups in total. The van der Waals surface area contributed by atoms with Crippen LogP contribution in [0, 0.1) is 0 Å². The molecule has 1 aliphatic rings. The Hall–Kier alpha value is -3.50. The molecule has 0 unspecified atom stereocenters. The minimum absolute atomic E-state index is 0.188. The molecule has 10 heteroatoms. The highest BCUT2D eigenvalue weighted by Crippen LogP contribution is 2.33. The Kier molecular flexibility index (Phi) is 12.4. The number of aliphatic carboxylic acids is 2. The fourth-order valence-electron chi connectivity index (χ4n) is 3.45. The molecule has 2 aromatic rings. The molecule has 3 rings (SSSR count). The smallest absolute Gasteiger partial charge is 0.328 e. The number of nitrogens with zero attached hydrogens (tertiary/aromatic N) is 1. The lowest BCUT2D eigenvalue weighted by Gasteiger charge is -2.22. The molecular weight excluding hydrogens is 484 g/mol. The average molecular weight is 517 g/mol. The van der Waals surface area contributed by atoms with Gasteiger partial charge < -0.3 is 29.9 Å².